The van der Waals surface area contributed by atoms with E-state index in [9.17, 15) is 0 Å². The molecular weight excluding hydrogens is 415 g/mol. The Morgan fingerprint density at radius 2 is 1.67 bits per heavy atom. The molecule has 2 heterocycles. The number of halogens is 1. The lowest BCUT2D eigenvalue weighted by Gasteiger charge is -2.28. The third-order valence-electron chi connectivity index (χ3n) is 4.71. The van der Waals surface area contributed by atoms with E-state index in [0.717, 1.165) is 45.9 Å². The maximum atomic E-state index is 6.18. The summed E-state index contributed by atoms with van der Waals surface area (Å²) in [5, 5.41) is 0. The number of rotatable bonds is 4. The quantitative estimate of drug-likeness (QED) is 0.441. The number of piperidine rings is 1. The summed E-state index contributed by atoms with van der Waals surface area (Å²) in [6, 6.07) is 8.57. The van der Waals surface area contributed by atoms with Crippen molar-refractivity contribution in [3.05, 3.63) is 35.4 Å². The number of morpholine rings is 1. The zero-order chi connectivity index (χ0) is 15.9. The number of likely N-dealkylation sites (tertiary alicyclic amines) is 1. The molecule has 3 rings (SSSR count). The molecule has 2 N–H and O–H groups in total. The third kappa shape index (κ3) is 5.60. The number of benzene rings is 1. The zero-order valence-electron chi connectivity index (χ0n) is 14.3. The van der Waals surface area contributed by atoms with Gasteiger partial charge in [-0.2, -0.15) is 0 Å². The summed E-state index contributed by atoms with van der Waals surface area (Å²) in [5.41, 5.74) is 8.81. The normalized spacial score (nSPS) is 19.8. The number of nitrogens with two attached hydrogens (primary N) is 1. The van der Waals surface area contributed by atoms with Gasteiger partial charge in [0, 0.05) is 32.7 Å². The van der Waals surface area contributed by atoms with Crippen molar-refractivity contribution >= 4 is 29.9 Å². The van der Waals surface area contributed by atoms with E-state index in [4.69, 9.17) is 10.5 Å². The number of aliphatic imine (C=N–C) groups is 1. The molecule has 6 heteroatoms. The summed E-state index contributed by atoms with van der Waals surface area (Å²) >= 11 is 0. The number of ether oxygens (including phenoxy) is 1. The number of hydrogen-bond acceptors (Lipinski definition) is 3. The molecule has 0 spiro atoms. The Bertz CT molecular complexity index is 526. The van der Waals surface area contributed by atoms with Crippen molar-refractivity contribution in [2.45, 2.75) is 32.4 Å². The van der Waals surface area contributed by atoms with E-state index in [-0.39, 0.29) is 24.0 Å². The zero-order valence-corrected chi connectivity index (χ0v) is 16.7. The van der Waals surface area contributed by atoms with Crippen LogP contribution in [0.1, 0.15) is 30.4 Å². The van der Waals surface area contributed by atoms with E-state index < -0.39 is 0 Å². The Morgan fingerprint density at radius 1 is 1.00 bits per heavy atom. The van der Waals surface area contributed by atoms with Gasteiger partial charge in [0.2, 0.25) is 0 Å². The first-order chi connectivity index (χ1) is 11.3. The third-order valence-corrected chi connectivity index (χ3v) is 4.71. The number of guanidine groups is 1. The van der Waals surface area contributed by atoms with Crippen molar-refractivity contribution in [2.75, 3.05) is 39.4 Å². The van der Waals surface area contributed by atoms with Crippen molar-refractivity contribution in [1.82, 2.24) is 9.80 Å². The highest BCUT2D eigenvalue weighted by atomic mass is 127. The van der Waals surface area contributed by atoms with Crippen LogP contribution in [-0.4, -0.2) is 55.2 Å². The van der Waals surface area contributed by atoms with Gasteiger partial charge >= 0.3 is 0 Å². The Kier molecular flexibility index (Phi) is 8.28. The van der Waals surface area contributed by atoms with Crippen LogP contribution < -0.4 is 5.73 Å². The average Bonchev–Trinajstić information content (AvgIpc) is 2.62. The minimum Gasteiger partial charge on any atom is -0.379 e. The van der Waals surface area contributed by atoms with Crippen LogP contribution in [0.25, 0.3) is 0 Å². The topological polar surface area (TPSA) is 54.1 Å². The van der Waals surface area contributed by atoms with Gasteiger partial charge < -0.3 is 15.4 Å². The highest BCUT2D eigenvalue weighted by molar-refractivity contribution is 14.0. The van der Waals surface area contributed by atoms with Gasteiger partial charge in [-0.25, -0.2) is 4.99 Å². The molecule has 1 aromatic rings. The molecule has 134 valence electrons. The van der Waals surface area contributed by atoms with Crippen LogP contribution in [0.3, 0.4) is 0 Å². The predicted octanol–water partition coefficient (Wildman–Crippen LogP) is 2.44. The molecule has 0 aliphatic carbocycles. The van der Waals surface area contributed by atoms with Crippen LogP contribution in [0.15, 0.2) is 29.3 Å². The smallest absolute Gasteiger partial charge is 0.191 e. The van der Waals surface area contributed by atoms with Crippen molar-refractivity contribution in [3.63, 3.8) is 0 Å². The van der Waals surface area contributed by atoms with Gasteiger partial charge in [-0.3, -0.25) is 4.90 Å². The fourth-order valence-corrected chi connectivity index (χ4v) is 3.26. The van der Waals surface area contributed by atoms with E-state index in [2.05, 4.69) is 39.1 Å². The molecule has 0 radical (unpaired) electrons. The molecule has 0 bridgehead atoms. The summed E-state index contributed by atoms with van der Waals surface area (Å²) in [7, 11) is 0. The summed E-state index contributed by atoms with van der Waals surface area (Å²) in [6.07, 6.45) is 3.76. The summed E-state index contributed by atoms with van der Waals surface area (Å²) in [5.74, 6) is 0.700. The number of nitrogens with zero attached hydrogens (tertiary/aromatic N) is 3. The van der Waals surface area contributed by atoms with Gasteiger partial charge in [0.25, 0.3) is 0 Å². The van der Waals surface area contributed by atoms with Crippen LogP contribution >= 0.6 is 24.0 Å². The molecule has 0 atom stereocenters. The average molecular weight is 444 g/mol. The molecule has 2 aliphatic heterocycles. The molecule has 2 fully saturated rings. The fraction of sp³-hybridized carbons (Fsp3) is 0.611. The van der Waals surface area contributed by atoms with Gasteiger partial charge in [-0.15, -0.1) is 24.0 Å². The van der Waals surface area contributed by atoms with Gasteiger partial charge in [-0.05, 0) is 30.4 Å². The molecular formula is C18H29IN4O. The van der Waals surface area contributed by atoms with Gasteiger partial charge in [-0.1, -0.05) is 24.3 Å². The van der Waals surface area contributed by atoms with E-state index in [0.29, 0.717) is 12.5 Å². The van der Waals surface area contributed by atoms with Crippen LogP contribution in [0, 0.1) is 0 Å². The SMILES string of the molecule is I.NC(=NCc1ccccc1CN1CCOCC1)N1CCCCC1. The minimum absolute atomic E-state index is 0. The van der Waals surface area contributed by atoms with E-state index in [1.165, 1.54) is 30.4 Å². The van der Waals surface area contributed by atoms with Crippen molar-refractivity contribution in [2.24, 2.45) is 10.7 Å². The van der Waals surface area contributed by atoms with Crippen LogP contribution in [0.2, 0.25) is 0 Å². The maximum absolute atomic E-state index is 6.18. The molecule has 1 aromatic carbocycles. The highest BCUT2D eigenvalue weighted by Gasteiger charge is 2.14. The monoisotopic (exact) mass is 444 g/mol. The van der Waals surface area contributed by atoms with Gasteiger partial charge in [0.1, 0.15) is 0 Å². The Hall–Kier alpha value is -0.860. The van der Waals surface area contributed by atoms with Crippen molar-refractivity contribution < 1.29 is 4.74 Å². The molecule has 24 heavy (non-hydrogen) atoms. The summed E-state index contributed by atoms with van der Waals surface area (Å²) in [4.78, 5) is 9.31. The fourth-order valence-electron chi connectivity index (χ4n) is 3.26. The molecule has 0 unspecified atom stereocenters. The van der Waals surface area contributed by atoms with Gasteiger partial charge in [0.05, 0.1) is 19.8 Å². The summed E-state index contributed by atoms with van der Waals surface area (Å²) < 4.78 is 5.43. The molecule has 2 saturated heterocycles. The first-order valence-corrected chi connectivity index (χ1v) is 8.75. The van der Waals surface area contributed by atoms with Crippen LogP contribution in [-0.2, 0) is 17.8 Å². The van der Waals surface area contributed by atoms with Gasteiger partial charge in [0.15, 0.2) is 5.96 Å². The second kappa shape index (κ2) is 10.2. The van der Waals surface area contributed by atoms with Crippen molar-refractivity contribution in [1.29, 1.82) is 0 Å². The lowest BCUT2D eigenvalue weighted by Crippen LogP contribution is -2.40. The Balaban J connectivity index is 0.00000208. The Morgan fingerprint density at radius 3 is 2.38 bits per heavy atom. The van der Waals surface area contributed by atoms with Crippen molar-refractivity contribution in [3.8, 4) is 0 Å². The first kappa shape index (κ1) is 19.5. The Labute approximate surface area is 162 Å². The van der Waals surface area contributed by atoms with Crippen LogP contribution in [0.4, 0.5) is 0 Å². The lowest BCUT2D eigenvalue weighted by atomic mass is 10.1. The second-order valence-corrected chi connectivity index (χ2v) is 6.38. The molecule has 0 saturated carbocycles. The predicted molar refractivity (Wildman–Crippen MR) is 109 cm³/mol. The van der Waals surface area contributed by atoms with Crippen LogP contribution in [0.5, 0.6) is 0 Å². The largest absolute Gasteiger partial charge is 0.379 e. The minimum atomic E-state index is 0. The molecule has 2 aliphatic rings. The number of hydrogen-bond donors (Lipinski definition) is 1. The highest BCUT2D eigenvalue weighted by Crippen LogP contribution is 2.15. The lowest BCUT2D eigenvalue weighted by molar-refractivity contribution is 0.0341. The first-order valence-electron chi connectivity index (χ1n) is 8.75. The maximum Gasteiger partial charge on any atom is 0.191 e. The van der Waals surface area contributed by atoms with E-state index in [1.54, 1.807) is 0 Å². The summed E-state index contributed by atoms with van der Waals surface area (Å²) in [6.45, 7) is 7.42. The standard InChI is InChI=1S/C18H28N4O.HI/c19-18(22-8-4-1-5-9-22)20-14-16-6-2-3-7-17(16)15-21-10-12-23-13-11-21;/h2-3,6-7H,1,4-5,8-15H2,(H2,19,20);1H. The molecule has 0 amide bonds. The second-order valence-electron chi connectivity index (χ2n) is 6.38. The molecule has 5 nitrogen and oxygen atoms in total. The van der Waals surface area contributed by atoms with E-state index >= 15 is 0 Å². The molecule has 0 aromatic heterocycles. The van der Waals surface area contributed by atoms with E-state index in [1.807, 2.05) is 0 Å².